The van der Waals surface area contributed by atoms with E-state index in [1.807, 2.05) is 0 Å². The van der Waals surface area contributed by atoms with E-state index in [0.29, 0.717) is 22.7 Å². The molecule has 0 spiro atoms. The number of hydrogen-bond donors (Lipinski definition) is 1. The van der Waals surface area contributed by atoms with Crippen LogP contribution in [0.5, 0.6) is 0 Å². The molecule has 1 saturated carbocycles. The van der Waals surface area contributed by atoms with E-state index in [2.05, 4.69) is 26.1 Å². The van der Waals surface area contributed by atoms with Crippen molar-refractivity contribution < 1.29 is 9.18 Å². The van der Waals surface area contributed by atoms with Crippen LogP contribution in [0, 0.1) is 5.82 Å². The van der Waals surface area contributed by atoms with Crippen LogP contribution in [-0.4, -0.2) is 18.5 Å². The molecule has 18 heavy (non-hydrogen) atoms. The third kappa shape index (κ3) is 2.00. The van der Waals surface area contributed by atoms with Gasteiger partial charge in [-0.05, 0) is 34.8 Å². The number of nitrogens with zero attached hydrogens (tertiary/aromatic N) is 1. The van der Waals surface area contributed by atoms with E-state index in [-0.39, 0.29) is 11.7 Å². The van der Waals surface area contributed by atoms with Crippen molar-refractivity contribution in [3.05, 3.63) is 22.4 Å². The molecule has 1 amide bonds. The molecule has 0 unspecified atom stereocenters. The molecule has 0 bridgehead atoms. The fourth-order valence-corrected chi connectivity index (χ4v) is 3.19. The van der Waals surface area contributed by atoms with Crippen molar-refractivity contribution in [1.82, 2.24) is 0 Å². The van der Waals surface area contributed by atoms with Crippen LogP contribution in [-0.2, 0) is 4.79 Å². The average Bonchev–Trinajstić information content (AvgIpc) is 2.84. The molecule has 0 atom stereocenters. The Morgan fingerprint density at radius 3 is 2.78 bits per heavy atom. The van der Waals surface area contributed by atoms with Gasteiger partial charge >= 0.3 is 0 Å². The zero-order valence-corrected chi connectivity index (χ0v) is 11.5. The quantitative estimate of drug-likeness (QED) is 0.863. The number of amides is 1. The Balaban J connectivity index is 2.02. The molecule has 3 rings (SSSR count). The van der Waals surface area contributed by atoms with E-state index in [9.17, 15) is 9.18 Å². The molecule has 5 heteroatoms. The maximum absolute atomic E-state index is 13.7. The molecule has 96 valence electrons. The summed E-state index contributed by atoms with van der Waals surface area (Å²) in [5.41, 5.74) is 1.51. The molecule has 1 heterocycles. The summed E-state index contributed by atoms with van der Waals surface area (Å²) < 4.78 is 14.1. The molecule has 1 aliphatic heterocycles. The van der Waals surface area contributed by atoms with Crippen molar-refractivity contribution in [2.75, 3.05) is 16.8 Å². The molecular formula is C13H14BrFN2O. The lowest BCUT2D eigenvalue weighted by molar-refractivity contribution is -0.115. The van der Waals surface area contributed by atoms with E-state index < -0.39 is 0 Å². The van der Waals surface area contributed by atoms with Gasteiger partial charge in [0, 0.05) is 12.1 Å². The van der Waals surface area contributed by atoms with E-state index in [1.165, 1.54) is 18.9 Å². The second kappa shape index (κ2) is 4.53. The van der Waals surface area contributed by atoms with Gasteiger partial charge in [-0.2, -0.15) is 0 Å². The molecule has 1 fully saturated rings. The predicted molar refractivity (Wildman–Crippen MR) is 72.3 cm³/mol. The molecule has 0 saturated heterocycles. The average molecular weight is 313 g/mol. The van der Waals surface area contributed by atoms with Crippen molar-refractivity contribution in [2.24, 2.45) is 0 Å². The molecular weight excluding hydrogens is 299 g/mol. The lowest BCUT2D eigenvalue weighted by Crippen LogP contribution is -2.43. The fourth-order valence-electron chi connectivity index (χ4n) is 2.85. The standard InChI is InChI=1S/C13H14BrFN2O/c14-9-5-11-12(6-10(9)15)17(7-13(18)16-11)8-3-1-2-4-8/h5-6,8H,1-4,7H2,(H,16,18). The van der Waals surface area contributed by atoms with Crippen LogP contribution in [0.2, 0.25) is 0 Å². The minimum Gasteiger partial charge on any atom is -0.357 e. The van der Waals surface area contributed by atoms with Gasteiger partial charge in [-0.15, -0.1) is 0 Å². The number of fused-ring (bicyclic) bond motifs is 1. The van der Waals surface area contributed by atoms with Gasteiger partial charge in [-0.1, -0.05) is 12.8 Å². The van der Waals surface area contributed by atoms with Crippen LogP contribution in [0.3, 0.4) is 0 Å². The van der Waals surface area contributed by atoms with E-state index >= 15 is 0 Å². The highest BCUT2D eigenvalue weighted by Gasteiger charge is 2.30. The van der Waals surface area contributed by atoms with Gasteiger partial charge in [0.1, 0.15) is 5.82 Å². The third-order valence-corrected chi connectivity index (χ3v) is 4.31. The SMILES string of the molecule is O=C1CN(C2CCCC2)c2cc(F)c(Br)cc2N1. The van der Waals surface area contributed by atoms with Crippen molar-refractivity contribution in [3.63, 3.8) is 0 Å². The summed E-state index contributed by atoms with van der Waals surface area (Å²) >= 11 is 3.15. The minimum absolute atomic E-state index is 0.0205. The number of hydrogen-bond acceptors (Lipinski definition) is 2. The smallest absolute Gasteiger partial charge is 0.243 e. The Morgan fingerprint density at radius 2 is 2.06 bits per heavy atom. The number of anilines is 2. The first-order valence-electron chi connectivity index (χ1n) is 6.20. The predicted octanol–water partition coefficient (Wildman–Crippen LogP) is 3.29. The van der Waals surface area contributed by atoms with Gasteiger partial charge in [0.15, 0.2) is 0 Å². The highest BCUT2D eigenvalue weighted by Crippen LogP contribution is 2.38. The van der Waals surface area contributed by atoms with Crippen LogP contribution >= 0.6 is 15.9 Å². The number of rotatable bonds is 1. The summed E-state index contributed by atoms with van der Waals surface area (Å²) in [4.78, 5) is 13.8. The van der Waals surface area contributed by atoms with Crippen LogP contribution in [0.1, 0.15) is 25.7 Å². The molecule has 0 radical (unpaired) electrons. The number of benzene rings is 1. The van der Waals surface area contributed by atoms with E-state index in [1.54, 1.807) is 6.07 Å². The molecule has 1 aromatic rings. The maximum Gasteiger partial charge on any atom is 0.243 e. The Morgan fingerprint density at radius 1 is 1.33 bits per heavy atom. The molecule has 2 aliphatic rings. The van der Waals surface area contributed by atoms with Crippen LogP contribution in [0.25, 0.3) is 0 Å². The van der Waals surface area contributed by atoms with Gasteiger partial charge in [0.05, 0.1) is 22.4 Å². The summed E-state index contributed by atoms with van der Waals surface area (Å²) in [6, 6.07) is 3.52. The maximum atomic E-state index is 13.7. The number of carbonyl (C=O) groups excluding carboxylic acids is 1. The molecule has 1 N–H and O–H groups in total. The van der Waals surface area contributed by atoms with E-state index in [4.69, 9.17) is 0 Å². The van der Waals surface area contributed by atoms with Gasteiger partial charge in [-0.3, -0.25) is 4.79 Å². The second-order valence-electron chi connectivity index (χ2n) is 4.90. The summed E-state index contributed by atoms with van der Waals surface area (Å²) in [6.45, 7) is 0.332. The summed E-state index contributed by atoms with van der Waals surface area (Å²) in [7, 11) is 0. The summed E-state index contributed by atoms with van der Waals surface area (Å²) in [5.74, 6) is -0.305. The normalized spacial score (nSPS) is 19.9. The largest absolute Gasteiger partial charge is 0.357 e. The fraction of sp³-hybridized carbons (Fsp3) is 0.462. The van der Waals surface area contributed by atoms with Gasteiger partial charge in [0.2, 0.25) is 5.91 Å². The van der Waals surface area contributed by atoms with Gasteiger partial charge in [-0.25, -0.2) is 4.39 Å². The van der Waals surface area contributed by atoms with Crippen LogP contribution in [0.4, 0.5) is 15.8 Å². The topological polar surface area (TPSA) is 32.3 Å². The highest BCUT2D eigenvalue weighted by molar-refractivity contribution is 9.10. The first kappa shape index (κ1) is 12.0. The van der Waals surface area contributed by atoms with Crippen molar-refractivity contribution in [3.8, 4) is 0 Å². The molecule has 0 aromatic heterocycles. The molecule has 1 aromatic carbocycles. The Kier molecular flexibility index (Phi) is 3.01. The van der Waals surface area contributed by atoms with E-state index in [0.717, 1.165) is 18.5 Å². The summed E-state index contributed by atoms with van der Waals surface area (Å²) in [5, 5.41) is 2.80. The highest BCUT2D eigenvalue weighted by atomic mass is 79.9. The monoisotopic (exact) mass is 312 g/mol. The lowest BCUT2D eigenvalue weighted by Gasteiger charge is -2.35. The van der Waals surface area contributed by atoms with Crippen LogP contribution < -0.4 is 10.2 Å². The Labute approximate surface area is 113 Å². The van der Waals surface area contributed by atoms with Crippen molar-refractivity contribution in [1.29, 1.82) is 0 Å². The zero-order valence-electron chi connectivity index (χ0n) is 9.88. The first-order valence-corrected chi connectivity index (χ1v) is 7.00. The number of halogens is 2. The van der Waals surface area contributed by atoms with Gasteiger partial charge in [0.25, 0.3) is 0 Å². The summed E-state index contributed by atoms with van der Waals surface area (Å²) in [6.07, 6.45) is 4.56. The number of nitrogens with one attached hydrogen (secondary N) is 1. The first-order chi connectivity index (χ1) is 8.65. The third-order valence-electron chi connectivity index (χ3n) is 3.70. The molecule has 3 nitrogen and oxygen atoms in total. The van der Waals surface area contributed by atoms with Crippen LogP contribution in [0.15, 0.2) is 16.6 Å². The Bertz CT molecular complexity index is 500. The second-order valence-corrected chi connectivity index (χ2v) is 5.75. The van der Waals surface area contributed by atoms with Gasteiger partial charge < -0.3 is 10.2 Å². The minimum atomic E-state index is -0.284. The zero-order chi connectivity index (χ0) is 12.7. The lowest BCUT2D eigenvalue weighted by atomic mass is 10.1. The van der Waals surface area contributed by atoms with Crippen molar-refractivity contribution >= 4 is 33.2 Å². The number of carbonyl (C=O) groups is 1. The molecule has 1 aliphatic carbocycles. The Hall–Kier alpha value is -1.10. The van der Waals surface area contributed by atoms with Crippen molar-refractivity contribution in [2.45, 2.75) is 31.7 Å².